The van der Waals surface area contributed by atoms with Gasteiger partial charge in [0.2, 0.25) is 0 Å². The van der Waals surface area contributed by atoms with Crippen molar-refractivity contribution in [1.29, 1.82) is 0 Å². The molecule has 0 bridgehead atoms. The molecule has 1 rings (SSSR count). The minimum atomic E-state index is -0.371. The molecule has 74 valence electrons. The first-order valence-electron chi connectivity index (χ1n) is 3.94. The first kappa shape index (κ1) is 9.97. The summed E-state index contributed by atoms with van der Waals surface area (Å²) in [5.74, 6) is 0.446. The zero-order valence-corrected chi connectivity index (χ0v) is 7.69. The molecule has 2 amide bonds. The Hall–Kier alpha value is -2.11. The first-order chi connectivity index (χ1) is 6.72. The number of amides is 2. The molecule has 0 saturated carbocycles. The average Bonchev–Trinajstić information content (AvgIpc) is 2.21. The Morgan fingerprint density at radius 2 is 2.43 bits per heavy atom. The molecule has 6 heteroatoms. The Kier molecular flexibility index (Phi) is 3.42. The van der Waals surface area contributed by atoms with Crippen LogP contribution in [0.5, 0.6) is 0 Å². The molecule has 0 fully saturated rings. The third-order valence-corrected chi connectivity index (χ3v) is 1.42. The number of carbonyl (C=O) groups excluding carboxylic acids is 1. The zero-order chi connectivity index (χ0) is 10.4. The minimum absolute atomic E-state index is 0.371. The number of rotatable bonds is 2. The summed E-state index contributed by atoms with van der Waals surface area (Å²) in [5, 5.41) is 6.04. The predicted octanol–water partition coefficient (Wildman–Crippen LogP) is -0.0733. The average molecular weight is 193 g/mol. The number of pyridine rings is 1. The highest BCUT2D eigenvalue weighted by Crippen LogP contribution is 1.97. The van der Waals surface area contributed by atoms with Crippen molar-refractivity contribution in [2.24, 2.45) is 5.10 Å². The summed E-state index contributed by atoms with van der Waals surface area (Å²) < 4.78 is 0. The maximum atomic E-state index is 10.7. The van der Waals surface area contributed by atoms with Crippen molar-refractivity contribution in [3.8, 4) is 0 Å². The van der Waals surface area contributed by atoms with Crippen LogP contribution in [0.1, 0.15) is 5.56 Å². The molecule has 0 atom stereocenters. The lowest BCUT2D eigenvalue weighted by molar-refractivity contribution is 0.243. The number of hydrazone groups is 1. The van der Waals surface area contributed by atoms with E-state index in [0.29, 0.717) is 5.82 Å². The van der Waals surface area contributed by atoms with E-state index in [1.54, 1.807) is 18.3 Å². The van der Waals surface area contributed by atoms with Gasteiger partial charge in [-0.2, -0.15) is 5.10 Å². The number of nitrogens with two attached hydrogens (primary N) is 1. The highest BCUT2D eigenvalue weighted by molar-refractivity contribution is 5.81. The van der Waals surface area contributed by atoms with Crippen LogP contribution in [-0.2, 0) is 0 Å². The van der Waals surface area contributed by atoms with E-state index < -0.39 is 0 Å². The highest BCUT2D eigenvalue weighted by atomic mass is 16.2. The Labute approximate surface area is 81.2 Å². The van der Waals surface area contributed by atoms with Crippen LogP contribution >= 0.6 is 0 Å². The van der Waals surface area contributed by atoms with Crippen molar-refractivity contribution in [1.82, 2.24) is 15.7 Å². The Bertz CT molecular complexity index is 332. The zero-order valence-electron chi connectivity index (χ0n) is 7.69. The maximum absolute atomic E-state index is 10.7. The molecule has 14 heavy (non-hydrogen) atoms. The van der Waals surface area contributed by atoms with Gasteiger partial charge in [-0.05, 0) is 12.1 Å². The number of nitrogen functional groups attached to an aromatic ring is 1. The molecule has 0 saturated heterocycles. The Morgan fingerprint density at radius 1 is 1.64 bits per heavy atom. The van der Waals surface area contributed by atoms with Crippen LogP contribution in [0.4, 0.5) is 10.6 Å². The van der Waals surface area contributed by atoms with Gasteiger partial charge in [0, 0.05) is 18.8 Å². The number of carbonyl (C=O) groups is 1. The molecule has 1 aromatic rings. The van der Waals surface area contributed by atoms with E-state index in [4.69, 9.17) is 5.73 Å². The minimum Gasteiger partial charge on any atom is -0.384 e. The molecule has 0 aliphatic heterocycles. The van der Waals surface area contributed by atoms with E-state index in [1.165, 1.54) is 13.3 Å². The summed E-state index contributed by atoms with van der Waals surface area (Å²) in [6.45, 7) is 0. The van der Waals surface area contributed by atoms with Crippen LogP contribution in [0, 0.1) is 0 Å². The lowest BCUT2D eigenvalue weighted by Crippen LogP contribution is -2.28. The number of nitrogens with zero attached hydrogens (tertiary/aromatic N) is 2. The topological polar surface area (TPSA) is 92.4 Å². The number of hydrogen-bond donors (Lipinski definition) is 3. The van der Waals surface area contributed by atoms with Gasteiger partial charge < -0.3 is 11.1 Å². The van der Waals surface area contributed by atoms with Crippen molar-refractivity contribution in [2.75, 3.05) is 12.8 Å². The van der Waals surface area contributed by atoms with Gasteiger partial charge in [-0.1, -0.05) is 0 Å². The maximum Gasteiger partial charge on any atom is 0.334 e. The Balaban J connectivity index is 2.52. The molecule has 6 nitrogen and oxygen atoms in total. The molecule has 1 heterocycles. The summed E-state index contributed by atoms with van der Waals surface area (Å²) in [6.07, 6.45) is 3.03. The number of anilines is 1. The third kappa shape index (κ3) is 3.10. The third-order valence-electron chi connectivity index (χ3n) is 1.42. The van der Waals surface area contributed by atoms with Crippen LogP contribution in [0.3, 0.4) is 0 Å². The number of urea groups is 1. The van der Waals surface area contributed by atoms with Crippen molar-refractivity contribution < 1.29 is 4.79 Å². The first-order valence-corrected chi connectivity index (χ1v) is 3.94. The van der Waals surface area contributed by atoms with Gasteiger partial charge in [0.1, 0.15) is 5.82 Å². The molecule has 4 N–H and O–H groups in total. The molecular formula is C8H11N5O. The predicted molar refractivity (Wildman–Crippen MR) is 53.8 cm³/mol. The normalized spacial score (nSPS) is 10.1. The molecule has 0 aliphatic rings. The van der Waals surface area contributed by atoms with E-state index in [9.17, 15) is 4.79 Å². The van der Waals surface area contributed by atoms with E-state index in [2.05, 4.69) is 20.8 Å². The van der Waals surface area contributed by atoms with Crippen molar-refractivity contribution in [2.45, 2.75) is 0 Å². The van der Waals surface area contributed by atoms with Crippen LogP contribution in [0.25, 0.3) is 0 Å². The standard InChI is InChI=1S/C8H11N5O/c1-10-8(14)13-12-5-6-2-3-7(9)11-4-6/h2-5H,1H3,(H2,9,11)(H2,10,13,14)/b12-5+. The van der Waals surface area contributed by atoms with E-state index in [1.807, 2.05) is 0 Å². The second kappa shape index (κ2) is 4.80. The number of hydrogen-bond acceptors (Lipinski definition) is 4. The summed E-state index contributed by atoms with van der Waals surface area (Å²) in [5.41, 5.74) is 8.41. The molecule has 1 aromatic heterocycles. The second-order valence-electron chi connectivity index (χ2n) is 2.47. The summed E-state index contributed by atoms with van der Waals surface area (Å²) in [6, 6.07) is 3.03. The molecule has 0 aromatic carbocycles. The largest absolute Gasteiger partial charge is 0.384 e. The van der Waals surface area contributed by atoms with Gasteiger partial charge in [0.25, 0.3) is 0 Å². The summed E-state index contributed by atoms with van der Waals surface area (Å²) >= 11 is 0. The van der Waals surface area contributed by atoms with Crippen molar-refractivity contribution >= 4 is 18.1 Å². The second-order valence-corrected chi connectivity index (χ2v) is 2.47. The Morgan fingerprint density at radius 3 is 3.00 bits per heavy atom. The van der Waals surface area contributed by atoms with E-state index in [0.717, 1.165) is 5.56 Å². The van der Waals surface area contributed by atoms with Crippen LogP contribution in [0.15, 0.2) is 23.4 Å². The fourth-order valence-corrected chi connectivity index (χ4v) is 0.714. The molecule has 0 spiro atoms. The van der Waals surface area contributed by atoms with Gasteiger partial charge in [-0.25, -0.2) is 15.2 Å². The van der Waals surface area contributed by atoms with Gasteiger partial charge >= 0.3 is 6.03 Å². The van der Waals surface area contributed by atoms with Gasteiger partial charge in [-0.3, -0.25) is 0 Å². The summed E-state index contributed by atoms with van der Waals surface area (Å²) in [7, 11) is 1.51. The smallest absolute Gasteiger partial charge is 0.334 e. The highest BCUT2D eigenvalue weighted by Gasteiger charge is 1.91. The SMILES string of the molecule is CNC(=O)N/N=C/c1ccc(N)nc1. The van der Waals surface area contributed by atoms with Gasteiger partial charge in [-0.15, -0.1) is 0 Å². The monoisotopic (exact) mass is 193 g/mol. The van der Waals surface area contributed by atoms with Crippen molar-refractivity contribution in [3.63, 3.8) is 0 Å². The van der Waals surface area contributed by atoms with Crippen LogP contribution in [0.2, 0.25) is 0 Å². The van der Waals surface area contributed by atoms with Gasteiger partial charge in [0.15, 0.2) is 0 Å². The van der Waals surface area contributed by atoms with E-state index in [-0.39, 0.29) is 6.03 Å². The fourth-order valence-electron chi connectivity index (χ4n) is 0.714. The summed E-state index contributed by atoms with van der Waals surface area (Å²) in [4.78, 5) is 14.5. The van der Waals surface area contributed by atoms with Crippen molar-refractivity contribution in [3.05, 3.63) is 23.9 Å². The molecule has 0 aliphatic carbocycles. The molecule has 0 unspecified atom stereocenters. The van der Waals surface area contributed by atoms with Crippen LogP contribution < -0.4 is 16.5 Å². The van der Waals surface area contributed by atoms with Crippen LogP contribution in [-0.4, -0.2) is 24.3 Å². The quantitative estimate of drug-likeness (QED) is 0.453. The lowest BCUT2D eigenvalue weighted by atomic mass is 10.3. The van der Waals surface area contributed by atoms with Gasteiger partial charge in [0.05, 0.1) is 6.21 Å². The number of aromatic nitrogens is 1. The van der Waals surface area contributed by atoms with E-state index >= 15 is 0 Å². The lowest BCUT2D eigenvalue weighted by Gasteiger charge is -1.96. The molecular weight excluding hydrogens is 182 g/mol. The molecule has 0 radical (unpaired) electrons. The fraction of sp³-hybridized carbons (Fsp3) is 0.125. The number of nitrogens with one attached hydrogen (secondary N) is 2.